The molecule has 0 saturated carbocycles. The van der Waals surface area contributed by atoms with Crippen LogP contribution in [0.2, 0.25) is 0 Å². The second-order valence-electron chi connectivity index (χ2n) is 4.50. The summed E-state index contributed by atoms with van der Waals surface area (Å²) in [7, 11) is 0. The van der Waals surface area contributed by atoms with Gasteiger partial charge in [0.1, 0.15) is 0 Å². The van der Waals surface area contributed by atoms with Gasteiger partial charge in [-0.3, -0.25) is 4.79 Å². The lowest BCUT2D eigenvalue weighted by atomic mass is 10.1. The molecule has 1 aliphatic rings. The van der Waals surface area contributed by atoms with Gasteiger partial charge in [0, 0.05) is 18.8 Å². The Hall–Kier alpha value is -1.10. The number of morpholine rings is 1. The fourth-order valence-corrected chi connectivity index (χ4v) is 2.04. The molecular formula is C14H21ClN2O2. The van der Waals surface area contributed by atoms with Crippen molar-refractivity contribution in [3.63, 3.8) is 0 Å². The van der Waals surface area contributed by atoms with Gasteiger partial charge in [-0.2, -0.15) is 0 Å². The maximum atomic E-state index is 11.9. The number of hydrogen-bond donors (Lipinski definition) is 2. The maximum absolute atomic E-state index is 11.9. The van der Waals surface area contributed by atoms with Gasteiger partial charge in [0.15, 0.2) is 0 Å². The lowest BCUT2D eigenvalue weighted by molar-refractivity contribution is -0.119. The van der Waals surface area contributed by atoms with Crippen LogP contribution in [0.15, 0.2) is 24.3 Å². The zero-order valence-electron chi connectivity index (χ0n) is 11.1. The Morgan fingerprint density at radius 2 is 2.37 bits per heavy atom. The normalized spacial score (nSPS) is 18.5. The second kappa shape index (κ2) is 8.15. The number of halogens is 1. The molecule has 0 radical (unpaired) electrons. The summed E-state index contributed by atoms with van der Waals surface area (Å²) in [6.07, 6.45) is 1.37. The molecule has 1 aromatic rings. The zero-order valence-corrected chi connectivity index (χ0v) is 12.0. The van der Waals surface area contributed by atoms with E-state index >= 15 is 0 Å². The summed E-state index contributed by atoms with van der Waals surface area (Å²) in [5.41, 5.74) is 2.09. The van der Waals surface area contributed by atoms with Crippen molar-refractivity contribution in [2.45, 2.75) is 25.9 Å². The van der Waals surface area contributed by atoms with Crippen LogP contribution in [-0.2, 0) is 16.0 Å². The molecule has 1 amide bonds. The molecule has 1 atom stereocenters. The Bertz CT molecular complexity index is 406. The Morgan fingerprint density at radius 3 is 3.05 bits per heavy atom. The van der Waals surface area contributed by atoms with E-state index in [1.165, 1.54) is 5.56 Å². The molecule has 0 aromatic heterocycles. The molecule has 1 fully saturated rings. The highest BCUT2D eigenvalue weighted by Gasteiger charge is 2.17. The van der Waals surface area contributed by atoms with Crippen molar-refractivity contribution < 1.29 is 9.53 Å². The van der Waals surface area contributed by atoms with Crippen molar-refractivity contribution >= 4 is 24.0 Å². The lowest BCUT2D eigenvalue weighted by Gasteiger charge is -2.23. The minimum atomic E-state index is -0.00638. The minimum absolute atomic E-state index is 0. The topological polar surface area (TPSA) is 50.4 Å². The Kier molecular flexibility index (Phi) is 6.84. The molecule has 4 nitrogen and oxygen atoms in total. The van der Waals surface area contributed by atoms with Gasteiger partial charge in [0.2, 0.25) is 5.91 Å². The molecular weight excluding hydrogens is 264 g/mol. The highest BCUT2D eigenvalue weighted by molar-refractivity contribution is 5.91. The van der Waals surface area contributed by atoms with Crippen LogP contribution in [0.3, 0.4) is 0 Å². The van der Waals surface area contributed by atoms with Gasteiger partial charge in [-0.25, -0.2) is 0 Å². The summed E-state index contributed by atoms with van der Waals surface area (Å²) in [5.74, 6) is 0.0111. The summed E-state index contributed by atoms with van der Waals surface area (Å²) in [6, 6.07) is 7.95. The van der Waals surface area contributed by atoms with Gasteiger partial charge < -0.3 is 15.4 Å². The second-order valence-corrected chi connectivity index (χ2v) is 4.50. The van der Waals surface area contributed by atoms with E-state index in [1.54, 1.807) is 0 Å². The van der Waals surface area contributed by atoms with Crippen LogP contribution in [0.5, 0.6) is 0 Å². The Morgan fingerprint density at radius 1 is 1.53 bits per heavy atom. The average molecular weight is 285 g/mol. The van der Waals surface area contributed by atoms with Crippen LogP contribution in [-0.4, -0.2) is 31.7 Å². The SMILES string of the molecule is CCc1cccc(NC(=O)CC2CNCCO2)c1.Cl. The molecule has 1 aliphatic heterocycles. The van der Waals surface area contributed by atoms with Gasteiger partial charge in [-0.1, -0.05) is 19.1 Å². The molecule has 1 unspecified atom stereocenters. The molecule has 2 rings (SSSR count). The fraction of sp³-hybridized carbons (Fsp3) is 0.500. The molecule has 0 aliphatic carbocycles. The van der Waals surface area contributed by atoms with Crippen molar-refractivity contribution in [1.29, 1.82) is 0 Å². The summed E-state index contributed by atoms with van der Waals surface area (Å²) in [4.78, 5) is 11.9. The number of rotatable bonds is 4. The summed E-state index contributed by atoms with van der Waals surface area (Å²) in [5, 5.41) is 6.13. The number of amides is 1. The number of carbonyl (C=O) groups is 1. The molecule has 5 heteroatoms. The highest BCUT2D eigenvalue weighted by atomic mass is 35.5. The van der Waals surface area contributed by atoms with Crippen molar-refractivity contribution in [2.75, 3.05) is 25.0 Å². The number of aryl methyl sites for hydroxylation is 1. The molecule has 1 aromatic carbocycles. The van der Waals surface area contributed by atoms with E-state index in [-0.39, 0.29) is 24.4 Å². The predicted octanol–water partition coefficient (Wildman–Crippen LogP) is 1.99. The van der Waals surface area contributed by atoms with Gasteiger partial charge in [0.25, 0.3) is 0 Å². The molecule has 19 heavy (non-hydrogen) atoms. The number of hydrogen-bond acceptors (Lipinski definition) is 3. The van der Waals surface area contributed by atoms with Gasteiger partial charge in [-0.05, 0) is 24.1 Å². The zero-order chi connectivity index (χ0) is 12.8. The quantitative estimate of drug-likeness (QED) is 0.889. The fourth-order valence-electron chi connectivity index (χ4n) is 2.04. The predicted molar refractivity (Wildman–Crippen MR) is 78.9 cm³/mol. The standard InChI is InChI=1S/C14H20N2O2.ClH/c1-2-11-4-3-5-12(8-11)16-14(17)9-13-10-15-6-7-18-13;/h3-5,8,13,15H,2,6-7,9-10H2,1H3,(H,16,17);1H. The monoisotopic (exact) mass is 284 g/mol. The maximum Gasteiger partial charge on any atom is 0.227 e. The van der Waals surface area contributed by atoms with Crippen LogP contribution >= 0.6 is 12.4 Å². The first-order chi connectivity index (χ1) is 8.78. The minimum Gasteiger partial charge on any atom is -0.375 e. The average Bonchev–Trinajstić information content (AvgIpc) is 2.40. The summed E-state index contributed by atoms with van der Waals surface area (Å²) >= 11 is 0. The van der Waals surface area contributed by atoms with Crippen molar-refractivity contribution in [2.24, 2.45) is 0 Å². The third-order valence-electron chi connectivity index (χ3n) is 3.04. The first-order valence-corrected chi connectivity index (χ1v) is 6.49. The summed E-state index contributed by atoms with van der Waals surface area (Å²) < 4.78 is 5.51. The van der Waals surface area contributed by atoms with E-state index in [0.717, 1.165) is 25.2 Å². The van der Waals surface area contributed by atoms with Gasteiger partial charge >= 0.3 is 0 Å². The number of benzene rings is 1. The third kappa shape index (κ3) is 5.19. The van der Waals surface area contributed by atoms with Gasteiger partial charge in [0.05, 0.1) is 19.1 Å². The first-order valence-electron chi connectivity index (χ1n) is 6.49. The number of carbonyl (C=O) groups excluding carboxylic acids is 1. The van der Waals surface area contributed by atoms with E-state index in [0.29, 0.717) is 13.0 Å². The van der Waals surface area contributed by atoms with Crippen LogP contribution in [0.25, 0.3) is 0 Å². The van der Waals surface area contributed by atoms with Crippen LogP contribution in [0.1, 0.15) is 18.9 Å². The molecule has 106 valence electrons. The molecule has 0 spiro atoms. The van der Waals surface area contributed by atoms with Crippen LogP contribution in [0, 0.1) is 0 Å². The number of anilines is 1. The number of ether oxygens (including phenoxy) is 1. The molecule has 0 bridgehead atoms. The first kappa shape index (κ1) is 16.0. The van der Waals surface area contributed by atoms with Crippen LogP contribution < -0.4 is 10.6 Å². The lowest BCUT2D eigenvalue weighted by Crippen LogP contribution is -2.40. The molecule has 2 N–H and O–H groups in total. The van der Waals surface area contributed by atoms with Gasteiger partial charge in [-0.15, -0.1) is 12.4 Å². The van der Waals surface area contributed by atoms with E-state index in [2.05, 4.69) is 23.6 Å². The van der Waals surface area contributed by atoms with E-state index in [1.807, 2.05) is 18.2 Å². The van der Waals surface area contributed by atoms with Crippen molar-refractivity contribution in [1.82, 2.24) is 5.32 Å². The smallest absolute Gasteiger partial charge is 0.227 e. The largest absolute Gasteiger partial charge is 0.375 e. The van der Waals surface area contributed by atoms with Crippen LogP contribution in [0.4, 0.5) is 5.69 Å². The Balaban J connectivity index is 0.00000180. The summed E-state index contributed by atoms with van der Waals surface area (Å²) in [6.45, 7) is 4.41. The van der Waals surface area contributed by atoms with Crippen molar-refractivity contribution in [3.8, 4) is 0 Å². The highest BCUT2D eigenvalue weighted by Crippen LogP contribution is 2.12. The Labute approximate surface area is 120 Å². The molecule has 1 saturated heterocycles. The van der Waals surface area contributed by atoms with E-state index < -0.39 is 0 Å². The third-order valence-corrected chi connectivity index (χ3v) is 3.04. The molecule has 1 heterocycles. The van der Waals surface area contributed by atoms with E-state index in [9.17, 15) is 4.79 Å². The van der Waals surface area contributed by atoms with Crippen molar-refractivity contribution in [3.05, 3.63) is 29.8 Å². The van der Waals surface area contributed by atoms with E-state index in [4.69, 9.17) is 4.74 Å². The number of nitrogens with one attached hydrogen (secondary N) is 2.